The Hall–Kier alpha value is -0.590. The molecule has 0 radical (unpaired) electrons. The van der Waals surface area contributed by atoms with Crippen molar-refractivity contribution in [2.75, 3.05) is 12.9 Å². The van der Waals surface area contributed by atoms with Crippen LogP contribution in [0.3, 0.4) is 0 Å². The van der Waals surface area contributed by atoms with Gasteiger partial charge in [-0.3, -0.25) is 0 Å². The first kappa shape index (κ1) is 12.5. The van der Waals surface area contributed by atoms with Gasteiger partial charge in [-0.15, -0.1) is 0 Å². The molecular weight excluding hydrogens is 282 g/mol. The number of hydrogen-bond acceptors (Lipinski definition) is 3. The summed E-state index contributed by atoms with van der Waals surface area (Å²) in [5, 5.41) is 4.93. The molecule has 0 heterocycles. The van der Waals surface area contributed by atoms with Gasteiger partial charge in [0.15, 0.2) is 0 Å². The molecule has 0 amide bonds. The van der Waals surface area contributed by atoms with E-state index >= 15 is 0 Å². The molecule has 0 saturated heterocycles. The van der Waals surface area contributed by atoms with Crippen LogP contribution in [0.15, 0.2) is 22.7 Å². The van der Waals surface area contributed by atoms with Gasteiger partial charge < -0.3 is 4.74 Å². The van der Waals surface area contributed by atoms with Crippen LogP contribution in [-0.4, -0.2) is 21.3 Å². The lowest BCUT2D eigenvalue weighted by molar-refractivity contribution is 0.410. The number of halogens is 1. The van der Waals surface area contributed by atoms with Crippen LogP contribution >= 0.6 is 15.9 Å². The predicted molar refractivity (Wildman–Crippen MR) is 62.4 cm³/mol. The van der Waals surface area contributed by atoms with Crippen molar-refractivity contribution >= 4 is 26.0 Å². The number of sulfonamides is 1. The highest BCUT2D eigenvalue weighted by Crippen LogP contribution is 2.23. The number of aryl methyl sites for hydroxylation is 1. The topological polar surface area (TPSA) is 69.4 Å². The lowest BCUT2D eigenvalue weighted by atomic mass is 10.1. The second-order valence-electron chi connectivity index (χ2n) is 3.07. The second kappa shape index (κ2) is 4.96. The van der Waals surface area contributed by atoms with Crippen molar-refractivity contribution in [3.63, 3.8) is 0 Å². The number of ether oxygens (including phenoxy) is 1. The molecule has 0 spiro atoms. The Kier molecular flexibility index (Phi) is 4.12. The van der Waals surface area contributed by atoms with E-state index in [0.29, 0.717) is 12.2 Å². The summed E-state index contributed by atoms with van der Waals surface area (Å²) >= 11 is 3.30. The molecule has 0 unspecified atom stereocenters. The predicted octanol–water partition coefficient (Wildman–Crippen LogP) is 1.29. The summed E-state index contributed by atoms with van der Waals surface area (Å²) in [6.07, 6.45) is 0.356. The van der Waals surface area contributed by atoms with E-state index in [1.54, 1.807) is 13.2 Å². The highest BCUT2D eigenvalue weighted by atomic mass is 79.9. The zero-order valence-electron chi connectivity index (χ0n) is 8.23. The maximum atomic E-state index is 10.8. The van der Waals surface area contributed by atoms with E-state index in [1.165, 1.54) is 0 Å². The Morgan fingerprint density at radius 2 is 2.13 bits per heavy atom. The fraction of sp³-hybridized carbons (Fsp3) is 0.333. The molecule has 0 bridgehead atoms. The molecule has 0 saturated carbocycles. The highest BCUT2D eigenvalue weighted by molar-refractivity contribution is 9.10. The summed E-state index contributed by atoms with van der Waals surface area (Å²) in [5.74, 6) is 0.582. The molecule has 15 heavy (non-hydrogen) atoms. The van der Waals surface area contributed by atoms with Gasteiger partial charge in [0.05, 0.1) is 12.9 Å². The van der Waals surface area contributed by atoms with Gasteiger partial charge in [0.1, 0.15) is 5.75 Å². The fourth-order valence-corrected chi connectivity index (χ4v) is 2.02. The molecular formula is C9H12BrNO3S. The molecule has 4 nitrogen and oxygen atoms in total. The van der Waals surface area contributed by atoms with Crippen LogP contribution in [0, 0.1) is 0 Å². The lowest BCUT2D eigenvalue weighted by Crippen LogP contribution is -2.18. The monoisotopic (exact) mass is 293 g/mol. The van der Waals surface area contributed by atoms with Crippen molar-refractivity contribution in [3.8, 4) is 5.75 Å². The summed E-state index contributed by atoms with van der Waals surface area (Å²) < 4.78 is 27.6. The zero-order valence-corrected chi connectivity index (χ0v) is 10.6. The number of rotatable bonds is 4. The molecule has 2 N–H and O–H groups in total. The van der Waals surface area contributed by atoms with Crippen molar-refractivity contribution in [2.24, 2.45) is 5.14 Å². The standard InChI is InChI=1S/C9H12BrNO3S/c1-14-9-6-8(10)3-2-7(9)4-5-15(11,12)13/h2-3,6H,4-5H2,1H3,(H2,11,12,13). The van der Waals surface area contributed by atoms with Gasteiger partial charge in [0, 0.05) is 4.47 Å². The first-order valence-electron chi connectivity index (χ1n) is 4.25. The van der Waals surface area contributed by atoms with E-state index in [-0.39, 0.29) is 5.75 Å². The number of methoxy groups -OCH3 is 1. The molecule has 0 aliphatic heterocycles. The van der Waals surface area contributed by atoms with Crippen molar-refractivity contribution in [2.45, 2.75) is 6.42 Å². The number of nitrogens with two attached hydrogens (primary N) is 1. The Labute approximate surface area is 97.6 Å². The van der Waals surface area contributed by atoms with Crippen LogP contribution < -0.4 is 9.88 Å². The minimum absolute atomic E-state index is 0.0784. The van der Waals surface area contributed by atoms with Crippen molar-refractivity contribution in [1.29, 1.82) is 0 Å². The van der Waals surface area contributed by atoms with Crippen molar-refractivity contribution in [3.05, 3.63) is 28.2 Å². The van der Waals surface area contributed by atoms with E-state index in [0.717, 1.165) is 10.0 Å². The third kappa shape index (κ3) is 4.19. The number of benzene rings is 1. The van der Waals surface area contributed by atoms with Crippen LogP contribution in [0.2, 0.25) is 0 Å². The summed E-state index contributed by atoms with van der Waals surface area (Å²) in [6.45, 7) is 0. The summed E-state index contributed by atoms with van der Waals surface area (Å²) in [5.41, 5.74) is 0.828. The minimum Gasteiger partial charge on any atom is -0.496 e. The number of primary sulfonamides is 1. The normalized spacial score (nSPS) is 11.4. The summed E-state index contributed by atoms with van der Waals surface area (Å²) in [6, 6.07) is 5.44. The maximum absolute atomic E-state index is 10.8. The van der Waals surface area contributed by atoms with Gasteiger partial charge in [-0.2, -0.15) is 0 Å². The van der Waals surface area contributed by atoms with E-state index in [4.69, 9.17) is 9.88 Å². The molecule has 0 atom stereocenters. The van der Waals surface area contributed by atoms with Gasteiger partial charge in [-0.05, 0) is 24.1 Å². The SMILES string of the molecule is COc1cc(Br)ccc1CCS(N)(=O)=O. The van der Waals surface area contributed by atoms with E-state index < -0.39 is 10.0 Å². The quantitative estimate of drug-likeness (QED) is 0.909. The van der Waals surface area contributed by atoms with Crippen LogP contribution in [0.25, 0.3) is 0 Å². The molecule has 1 rings (SSSR count). The minimum atomic E-state index is -3.42. The number of hydrogen-bond donors (Lipinski definition) is 1. The Balaban J connectivity index is 2.85. The fourth-order valence-electron chi connectivity index (χ4n) is 1.18. The van der Waals surface area contributed by atoms with Gasteiger partial charge >= 0.3 is 0 Å². The zero-order chi connectivity index (χ0) is 11.5. The first-order valence-corrected chi connectivity index (χ1v) is 6.76. The summed E-state index contributed by atoms with van der Waals surface area (Å²) in [7, 11) is -1.88. The van der Waals surface area contributed by atoms with Gasteiger partial charge in [0.2, 0.25) is 10.0 Å². The maximum Gasteiger partial charge on any atom is 0.209 e. The average molecular weight is 294 g/mol. The molecule has 0 aromatic heterocycles. The second-order valence-corrected chi connectivity index (χ2v) is 5.72. The molecule has 1 aromatic carbocycles. The molecule has 1 aromatic rings. The third-order valence-electron chi connectivity index (χ3n) is 1.91. The van der Waals surface area contributed by atoms with Crippen LogP contribution in [0.1, 0.15) is 5.56 Å². The Morgan fingerprint density at radius 1 is 1.47 bits per heavy atom. The average Bonchev–Trinajstić information content (AvgIpc) is 2.14. The lowest BCUT2D eigenvalue weighted by Gasteiger charge is -2.07. The third-order valence-corrected chi connectivity index (χ3v) is 3.17. The molecule has 0 aliphatic rings. The van der Waals surface area contributed by atoms with Crippen molar-refractivity contribution in [1.82, 2.24) is 0 Å². The van der Waals surface area contributed by atoms with Crippen LogP contribution in [0.5, 0.6) is 5.75 Å². The van der Waals surface area contributed by atoms with Gasteiger partial charge in [-0.1, -0.05) is 22.0 Å². The molecule has 0 aliphatic carbocycles. The van der Waals surface area contributed by atoms with E-state index in [2.05, 4.69) is 15.9 Å². The largest absolute Gasteiger partial charge is 0.496 e. The smallest absolute Gasteiger partial charge is 0.209 e. The van der Waals surface area contributed by atoms with Crippen molar-refractivity contribution < 1.29 is 13.2 Å². The van der Waals surface area contributed by atoms with Gasteiger partial charge in [-0.25, -0.2) is 13.6 Å². The van der Waals surface area contributed by atoms with Crippen LogP contribution in [0.4, 0.5) is 0 Å². The first-order chi connectivity index (χ1) is 6.92. The molecule has 6 heteroatoms. The molecule has 0 fully saturated rings. The van der Waals surface area contributed by atoms with Gasteiger partial charge in [0.25, 0.3) is 0 Å². The highest BCUT2D eigenvalue weighted by Gasteiger charge is 2.08. The Morgan fingerprint density at radius 3 is 2.67 bits per heavy atom. The summed E-state index contributed by atoms with van der Waals surface area (Å²) in [4.78, 5) is 0. The van der Waals surface area contributed by atoms with Crippen LogP contribution in [-0.2, 0) is 16.4 Å². The van der Waals surface area contributed by atoms with E-state index in [9.17, 15) is 8.42 Å². The molecule has 84 valence electrons. The van der Waals surface area contributed by atoms with E-state index in [1.807, 2.05) is 12.1 Å². The Bertz CT molecular complexity index is 445.